The lowest BCUT2D eigenvalue weighted by molar-refractivity contribution is 0.0853. The molecule has 0 aromatic carbocycles. The molecule has 168 valence electrons. The van der Waals surface area contributed by atoms with Gasteiger partial charge in [0.05, 0.1) is 24.4 Å². The van der Waals surface area contributed by atoms with E-state index in [0.29, 0.717) is 25.1 Å². The molecule has 33 heavy (non-hydrogen) atoms. The van der Waals surface area contributed by atoms with Crippen molar-refractivity contribution in [1.29, 1.82) is 0 Å². The number of anilines is 1. The second kappa shape index (κ2) is 8.80. The first kappa shape index (κ1) is 20.1. The summed E-state index contributed by atoms with van der Waals surface area (Å²) in [5.74, 6) is 1.76. The summed E-state index contributed by atoms with van der Waals surface area (Å²) in [4.78, 5) is 25.1. The van der Waals surface area contributed by atoms with Gasteiger partial charge < -0.3 is 14.4 Å². The minimum atomic E-state index is 0.440. The van der Waals surface area contributed by atoms with E-state index in [1.54, 1.807) is 10.9 Å². The van der Waals surface area contributed by atoms with Crippen molar-refractivity contribution in [3.8, 4) is 17.3 Å². The lowest BCUT2D eigenvalue weighted by atomic mass is 9.93. The molecule has 2 aliphatic heterocycles. The monoisotopic (exact) mass is 444 g/mol. The fourth-order valence-corrected chi connectivity index (χ4v) is 4.37. The molecule has 0 amide bonds. The standard InChI is InChI=1S/C23H24N8O2/c1-5-24-15-26-18(1)19-2-6-31(29-19)23-27-20-13-17(16-3-9-32-10-4-16)14-25-21(20)22(28-23)30-7-11-33-12-8-30/h1-2,5-6,13-16H,3-4,7-12H2. The van der Waals surface area contributed by atoms with Gasteiger partial charge in [-0.3, -0.25) is 4.98 Å². The van der Waals surface area contributed by atoms with Crippen LogP contribution in [0.25, 0.3) is 28.4 Å². The van der Waals surface area contributed by atoms with E-state index in [0.717, 1.165) is 67.4 Å². The molecule has 0 unspecified atom stereocenters. The van der Waals surface area contributed by atoms with Crippen LogP contribution >= 0.6 is 0 Å². The van der Waals surface area contributed by atoms with Crippen molar-refractivity contribution in [2.75, 3.05) is 44.4 Å². The Hall–Kier alpha value is -3.50. The molecule has 10 heteroatoms. The van der Waals surface area contributed by atoms with E-state index >= 15 is 0 Å². The smallest absolute Gasteiger partial charge is 0.253 e. The highest BCUT2D eigenvalue weighted by molar-refractivity contribution is 5.86. The van der Waals surface area contributed by atoms with Gasteiger partial charge in [0.15, 0.2) is 5.82 Å². The third kappa shape index (κ3) is 4.03. The van der Waals surface area contributed by atoms with Gasteiger partial charge in [-0.25, -0.2) is 19.6 Å². The van der Waals surface area contributed by atoms with Crippen molar-refractivity contribution < 1.29 is 9.47 Å². The lowest BCUT2D eigenvalue weighted by Crippen LogP contribution is -2.37. The Morgan fingerprint density at radius 2 is 1.76 bits per heavy atom. The van der Waals surface area contributed by atoms with Crippen LogP contribution in [-0.4, -0.2) is 74.2 Å². The van der Waals surface area contributed by atoms with Crippen LogP contribution in [0.2, 0.25) is 0 Å². The van der Waals surface area contributed by atoms with Crippen LogP contribution in [0.15, 0.2) is 43.1 Å². The third-order valence-corrected chi connectivity index (χ3v) is 6.17. The van der Waals surface area contributed by atoms with Crippen LogP contribution in [0.4, 0.5) is 5.82 Å². The molecule has 0 N–H and O–H groups in total. The maximum atomic E-state index is 5.55. The highest BCUT2D eigenvalue weighted by Gasteiger charge is 2.22. The largest absolute Gasteiger partial charge is 0.381 e. The van der Waals surface area contributed by atoms with E-state index in [4.69, 9.17) is 24.4 Å². The predicted molar refractivity (Wildman–Crippen MR) is 121 cm³/mol. The summed E-state index contributed by atoms with van der Waals surface area (Å²) >= 11 is 0. The number of aromatic nitrogens is 7. The van der Waals surface area contributed by atoms with Gasteiger partial charge in [-0.2, -0.15) is 10.1 Å². The van der Waals surface area contributed by atoms with E-state index in [2.05, 4.69) is 26.0 Å². The summed E-state index contributed by atoms with van der Waals surface area (Å²) in [7, 11) is 0. The Labute approximate surface area is 190 Å². The molecule has 0 radical (unpaired) electrons. The minimum Gasteiger partial charge on any atom is -0.381 e. The molecule has 2 fully saturated rings. The highest BCUT2D eigenvalue weighted by Crippen LogP contribution is 2.31. The van der Waals surface area contributed by atoms with Gasteiger partial charge in [-0.05, 0) is 42.5 Å². The van der Waals surface area contributed by atoms with Gasteiger partial charge in [0.25, 0.3) is 5.95 Å². The second-order valence-electron chi connectivity index (χ2n) is 8.21. The van der Waals surface area contributed by atoms with Crippen molar-refractivity contribution in [3.05, 3.63) is 48.7 Å². The fraction of sp³-hybridized carbons (Fsp3) is 0.391. The highest BCUT2D eigenvalue weighted by atomic mass is 16.5. The number of pyridine rings is 1. The minimum absolute atomic E-state index is 0.440. The van der Waals surface area contributed by atoms with Gasteiger partial charge in [0, 0.05) is 44.9 Å². The molecule has 4 aromatic heterocycles. The van der Waals surface area contributed by atoms with E-state index in [-0.39, 0.29) is 0 Å². The summed E-state index contributed by atoms with van der Waals surface area (Å²) in [5.41, 5.74) is 4.32. The van der Waals surface area contributed by atoms with Crippen LogP contribution in [0.3, 0.4) is 0 Å². The summed E-state index contributed by atoms with van der Waals surface area (Å²) in [6, 6.07) is 5.89. The zero-order valence-electron chi connectivity index (χ0n) is 18.2. The summed E-state index contributed by atoms with van der Waals surface area (Å²) in [6.07, 6.45) is 9.06. The lowest BCUT2D eigenvalue weighted by Gasteiger charge is -2.28. The summed E-state index contributed by atoms with van der Waals surface area (Å²) < 4.78 is 12.8. The van der Waals surface area contributed by atoms with Crippen molar-refractivity contribution in [3.63, 3.8) is 0 Å². The molecule has 0 saturated carbocycles. The van der Waals surface area contributed by atoms with Crippen LogP contribution in [-0.2, 0) is 9.47 Å². The van der Waals surface area contributed by atoms with Gasteiger partial charge in [0.1, 0.15) is 17.5 Å². The van der Waals surface area contributed by atoms with Gasteiger partial charge in [-0.1, -0.05) is 0 Å². The first-order chi connectivity index (χ1) is 16.3. The molecule has 6 heterocycles. The van der Waals surface area contributed by atoms with Crippen molar-refractivity contribution in [1.82, 2.24) is 34.7 Å². The molecule has 10 nitrogen and oxygen atoms in total. The Morgan fingerprint density at radius 3 is 2.58 bits per heavy atom. The van der Waals surface area contributed by atoms with Crippen molar-refractivity contribution >= 4 is 16.9 Å². The SMILES string of the molecule is c1cc(-c2ccn(-c3nc(N4CCOCC4)c4ncc(C5CCOCC5)cc4n3)n2)ncn1. The molecule has 0 aliphatic carbocycles. The van der Waals surface area contributed by atoms with Gasteiger partial charge in [0.2, 0.25) is 0 Å². The van der Waals surface area contributed by atoms with E-state index in [1.165, 1.54) is 11.9 Å². The molecular formula is C23H24N8O2. The first-order valence-corrected chi connectivity index (χ1v) is 11.3. The van der Waals surface area contributed by atoms with Gasteiger partial charge >= 0.3 is 0 Å². The number of morpholine rings is 1. The van der Waals surface area contributed by atoms with E-state index in [1.807, 2.05) is 24.5 Å². The quantitative estimate of drug-likeness (QED) is 0.469. The fourth-order valence-electron chi connectivity index (χ4n) is 4.37. The van der Waals surface area contributed by atoms with Crippen LogP contribution in [0.5, 0.6) is 0 Å². The first-order valence-electron chi connectivity index (χ1n) is 11.3. The molecule has 2 saturated heterocycles. The maximum absolute atomic E-state index is 5.55. The summed E-state index contributed by atoms with van der Waals surface area (Å²) in [5, 5.41) is 4.68. The number of rotatable bonds is 4. The van der Waals surface area contributed by atoms with Gasteiger partial charge in [-0.15, -0.1) is 0 Å². The topological polar surface area (TPSA) is 104 Å². The van der Waals surface area contributed by atoms with Crippen LogP contribution in [0.1, 0.15) is 24.3 Å². The second-order valence-corrected chi connectivity index (χ2v) is 8.21. The van der Waals surface area contributed by atoms with E-state index in [9.17, 15) is 0 Å². The molecule has 0 bridgehead atoms. The summed E-state index contributed by atoms with van der Waals surface area (Å²) in [6.45, 7) is 4.44. The number of hydrogen-bond donors (Lipinski definition) is 0. The number of nitrogens with zero attached hydrogens (tertiary/aromatic N) is 8. The molecular weight excluding hydrogens is 420 g/mol. The molecule has 0 spiro atoms. The maximum Gasteiger partial charge on any atom is 0.253 e. The Balaban J connectivity index is 1.44. The molecule has 2 aliphatic rings. The van der Waals surface area contributed by atoms with Crippen molar-refractivity contribution in [2.24, 2.45) is 0 Å². The van der Waals surface area contributed by atoms with Crippen LogP contribution in [0, 0.1) is 0 Å². The van der Waals surface area contributed by atoms with Crippen LogP contribution < -0.4 is 4.90 Å². The third-order valence-electron chi connectivity index (χ3n) is 6.17. The Morgan fingerprint density at radius 1 is 0.909 bits per heavy atom. The zero-order chi connectivity index (χ0) is 22.0. The Bertz CT molecular complexity index is 1250. The zero-order valence-corrected chi connectivity index (χ0v) is 18.2. The number of fused-ring (bicyclic) bond motifs is 1. The molecule has 0 atom stereocenters. The van der Waals surface area contributed by atoms with E-state index < -0.39 is 0 Å². The van der Waals surface area contributed by atoms with Crippen molar-refractivity contribution in [2.45, 2.75) is 18.8 Å². The number of ether oxygens (including phenoxy) is 2. The normalized spacial score (nSPS) is 17.5. The molecule has 4 aromatic rings. The Kier molecular flexibility index (Phi) is 5.37. The predicted octanol–water partition coefficient (Wildman–Crippen LogP) is 2.40. The molecule has 6 rings (SSSR count). The average molecular weight is 444 g/mol. The average Bonchev–Trinajstić information content (AvgIpc) is 3.40. The number of hydrogen-bond acceptors (Lipinski definition) is 9.